The minimum Gasteiger partial charge on any atom is -0.505 e. The fourth-order valence-corrected chi connectivity index (χ4v) is 2.34. The molecule has 0 aliphatic rings. The van der Waals surface area contributed by atoms with E-state index in [-0.39, 0.29) is 26.8 Å². The molecular formula is C11H7Br2NO4. The van der Waals surface area contributed by atoms with E-state index < -0.39 is 11.4 Å². The average molecular weight is 377 g/mol. The monoisotopic (exact) mass is 375 g/mol. The van der Waals surface area contributed by atoms with Crippen molar-refractivity contribution in [3.05, 3.63) is 37.0 Å². The molecule has 7 heteroatoms. The van der Waals surface area contributed by atoms with E-state index in [1.165, 1.54) is 7.11 Å². The Morgan fingerprint density at radius 2 is 2.06 bits per heavy atom. The van der Waals surface area contributed by atoms with Crippen LogP contribution in [-0.2, 0) is 4.74 Å². The van der Waals surface area contributed by atoms with E-state index in [2.05, 4.69) is 41.6 Å². The molecule has 1 heterocycles. The largest absolute Gasteiger partial charge is 0.505 e. The van der Waals surface area contributed by atoms with Crippen molar-refractivity contribution in [2.24, 2.45) is 0 Å². The summed E-state index contributed by atoms with van der Waals surface area (Å²) in [7, 11) is 1.21. The SMILES string of the molecule is COC(=O)c1[nH]c2c(O)c(Br)ccc2c(=O)c1Br. The number of hydrogen-bond acceptors (Lipinski definition) is 4. The van der Waals surface area contributed by atoms with Crippen LogP contribution >= 0.6 is 31.9 Å². The number of halogens is 2. The third kappa shape index (κ3) is 1.93. The van der Waals surface area contributed by atoms with Gasteiger partial charge in [-0.05, 0) is 44.0 Å². The topological polar surface area (TPSA) is 79.4 Å². The minimum absolute atomic E-state index is 0.0385. The zero-order valence-corrected chi connectivity index (χ0v) is 12.3. The lowest BCUT2D eigenvalue weighted by Crippen LogP contribution is -2.14. The lowest BCUT2D eigenvalue weighted by atomic mass is 10.2. The Bertz CT molecular complexity index is 708. The Morgan fingerprint density at radius 1 is 1.39 bits per heavy atom. The molecule has 0 fully saturated rings. The standard InChI is InChI=1S/C11H7Br2NO4/c1-18-11(17)8-6(13)9(15)4-2-3-5(12)10(16)7(4)14-8/h2-3,16H,1H3,(H,14,15). The molecule has 94 valence electrons. The lowest BCUT2D eigenvalue weighted by Gasteiger charge is -2.07. The van der Waals surface area contributed by atoms with Gasteiger partial charge in [-0.15, -0.1) is 0 Å². The van der Waals surface area contributed by atoms with Crippen LogP contribution in [0.15, 0.2) is 25.9 Å². The number of esters is 1. The summed E-state index contributed by atoms with van der Waals surface area (Å²) in [6.07, 6.45) is 0. The number of carbonyl (C=O) groups is 1. The van der Waals surface area contributed by atoms with Gasteiger partial charge in [0.25, 0.3) is 0 Å². The molecule has 1 aromatic carbocycles. The molecule has 0 aliphatic heterocycles. The van der Waals surface area contributed by atoms with Crippen LogP contribution in [0.5, 0.6) is 5.75 Å². The van der Waals surface area contributed by atoms with Crippen molar-refractivity contribution in [1.29, 1.82) is 0 Å². The van der Waals surface area contributed by atoms with Gasteiger partial charge >= 0.3 is 5.97 Å². The Labute approximate surface area is 118 Å². The highest BCUT2D eigenvalue weighted by Crippen LogP contribution is 2.31. The number of methoxy groups -OCH3 is 1. The fraction of sp³-hybridized carbons (Fsp3) is 0.0909. The number of phenolic OH excluding ortho intramolecular Hbond substituents is 1. The zero-order valence-electron chi connectivity index (χ0n) is 9.08. The molecule has 0 atom stereocenters. The third-order valence-corrected chi connectivity index (χ3v) is 3.83. The number of aromatic hydroxyl groups is 1. The van der Waals surface area contributed by atoms with Gasteiger partial charge in [0.05, 0.1) is 27.0 Å². The normalized spacial score (nSPS) is 10.6. The van der Waals surface area contributed by atoms with Crippen LogP contribution in [0.1, 0.15) is 10.5 Å². The number of H-pyrrole nitrogens is 1. The molecule has 0 aliphatic carbocycles. The molecule has 2 N–H and O–H groups in total. The van der Waals surface area contributed by atoms with Crippen molar-refractivity contribution in [3.63, 3.8) is 0 Å². The van der Waals surface area contributed by atoms with Gasteiger partial charge in [-0.3, -0.25) is 4.79 Å². The van der Waals surface area contributed by atoms with Gasteiger partial charge in [0.1, 0.15) is 5.69 Å². The first-order valence-electron chi connectivity index (χ1n) is 4.78. The maximum Gasteiger partial charge on any atom is 0.355 e. The van der Waals surface area contributed by atoms with Crippen molar-refractivity contribution in [2.75, 3.05) is 7.11 Å². The van der Waals surface area contributed by atoms with Gasteiger partial charge in [0.15, 0.2) is 5.75 Å². The quantitative estimate of drug-likeness (QED) is 0.749. The number of ether oxygens (including phenoxy) is 1. The Hall–Kier alpha value is -1.34. The smallest absolute Gasteiger partial charge is 0.355 e. The van der Waals surface area contributed by atoms with Gasteiger partial charge in [-0.1, -0.05) is 0 Å². The molecule has 18 heavy (non-hydrogen) atoms. The maximum absolute atomic E-state index is 12.0. The number of aromatic amines is 1. The minimum atomic E-state index is -0.694. The van der Waals surface area contributed by atoms with Crippen molar-refractivity contribution in [3.8, 4) is 5.75 Å². The van der Waals surface area contributed by atoms with Crippen LogP contribution < -0.4 is 5.43 Å². The van der Waals surface area contributed by atoms with Gasteiger partial charge in [0, 0.05) is 0 Å². The summed E-state index contributed by atoms with van der Waals surface area (Å²) < 4.78 is 5.05. The second-order valence-corrected chi connectivity index (χ2v) is 5.10. The summed E-state index contributed by atoms with van der Waals surface area (Å²) in [5, 5.41) is 10.1. The lowest BCUT2D eigenvalue weighted by molar-refractivity contribution is 0.0593. The van der Waals surface area contributed by atoms with Crippen LogP contribution in [0.4, 0.5) is 0 Å². The molecule has 0 saturated heterocycles. The number of rotatable bonds is 1. The Balaban J connectivity index is 2.94. The highest BCUT2D eigenvalue weighted by Gasteiger charge is 2.18. The number of fused-ring (bicyclic) bond motifs is 1. The number of aromatic nitrogens is 1. The second-order valence-electron chi connectivity index (χ2n) is 3.45. The van der Waals surface area contributed by atoms with Crippen molar-refractivity contribution >= 4 is 48.7 Å². The summed E-state index contributed by atoms with van der Waals surface area (Å²) in [6.45, 7) is 0. The predicted octanol–water partition coefficient (Wildman–Crippen LogP) is 2.55. The second kappa shape index (κ2) is 4.74. The first-order chi connectivity index (χ1) is 8.47. The molecule has 1 aromatic heterocycles. The molecule has 0 bridgehead atoms. The predicted molar refractivity (Wildman–Crippen MR) is 73.0 cm³/mol. The highest BCUT2D eigenvalue weighted by molar-refractivity contribution is 9.10. The summed E-state index contributed by atoms with van der Waals surface area (Å²) >= 11 is 6.19. The van der Waals surface area contributed by atoms with E-state index >= 15 is 0 Å². The van der Waals surface area contributed by atoms with Crippen LogP contribution in [0, 0.1) is 0 Å². The van der Waals surface area contributed by atoms with Gasteiger partial charge in [-0.2, -0.15) is 0 Å². The number of benzene rings is 1. The molecular weight excluding hydrogens is 370 g/mol. The molecule has 5 nitrogen and oxygen atoms in total. The molecule has 0 spiro atoms. The van der Waals surface area contributed by atoms with Gasteiger partial charge in [0.2, 0.25) is 5.43 Å². The van der Waals surface area contributed by atoms with Gasteiger partial charge < -0.3 is 14.8 Å². The molecule has 0 unspecified atom stereocenters. The Kier molecular flexibility index (Phi) is 3.45. The highest BCUT2D eigenvalue weighted by atomic mass is 79.9. The van der Waals surface area contributed by atoms with Crippen LogP contribution in [0.3, 0.4) is 0 Å². The molecule has 2 aromatic rings. The molecule has 0 saturated carbocycles. The number of phenols is 1. The third-order valence-electron chi connectivity index (χ3n) is 2.43. The fourth-order valence-electron chi connectivity index (χ4n) is 1.54. The number of pyridine rings is 1. The van der Waals surface area contributed by atoms with E-state index in [0.29, 0.717) is 4.47 Å². The summed E-state index contributed by atoms with van der Waals surface area (Å²) in [6, 6.07) is 3.10. The molecule has 2 rings (SSSR count). The van der Waals surface area contributed by atoms with E-state index in [0.717, 1.165) is 0 Å². The van der Waals surface area contributed by atoms with Crippen LogP contribution in [-0.4, -0.2) is 23.2 Å². The van der Waals surface area contributed by atoms with E-state index in [9.17, 15) is 14.7 Å². The maximum atomic E-state index is 12.0. The summed E-state index contributed by atoms with van der Waals surface area (Å²) in [5.74, 6) is -0.831. The first kappa shape index (κ1) is 13.1. The van der Waals surface area contributed by atoms with Crippen LogP contribution in [0.25, 0.3) is 10.9 Å². The van der Waals surface area contributed by atoms with Crippen molar-refractivity contribution in [1.82, 2.24) is 4.98 Å². The van der Waals surface area contributed by atoms with E-state index in [1.54, 1.807) is 12.1 Å². The summed E-state index contributed by atoms with van der Waals surface area (Å²) in [5.41, 5.74) is -0.256. The van der Waals surface area contributed by atoms with Crippen LogP contribution in [0.2, 0.25) is 0 Å². The molecule has 0 radical (unpaired) electrons. The van der Waals surface area contributed by atoms with Crippen molar-refractivity contribution < 1.29 is 14.6 Å². The van der Waals surface area contributed by atoms with E-state index in [1.807, 2.05) is 0 Å². The number of carbonyl (C=O) groups excluding carboxylic acids is 1. The average Bonchev–Trinajstić information content (AvgIpc) is 2.37. The van der Waals surface area contributed by atoms with E-state index in [4.69, 9.17) is 0 Å². The van der Waals surface area contributed by atoms with Crippen molar-refractivity contribution in [2.45, 2.75) is 0 Å². The number of nitrogens with one attached hydrogen (secondary N) is 1. The summed E-state index contributed by atoms with van der Waals surface area (Å²) in [4.78, 5) is 26.2. The molecule has 0 amide bonds. The first-order valence-corrected chi connectivity index (χ1v) is 6.37. The Morgan fingerprint density at radius 3 is 2.67 bits per heavy atom. The number of hydrogen-bond donors (Lipinski definition) is 2. The van der Waals surface area contributed by atoms with Gasteiger partial charge in [-0.25, -0.2) is 4.79 Å². The zero-order chi connectivity index (χ0) is 13.4.